The lowest BCUT2D eigenvalue weighted by molar-refractivity contribution is 0.156. The first-order valence-corrected chi connectivity index (χ1v) is 9.80. The van der Waals surface area contributed by atoms with E-state index < -0.39 is 0 Å². The van der Waals surface area contributed by atoms with Crippen LogP contribution in [0.3, 0.4) is 0 Å². The van der Waals surface area contributed by atoms with Crippen molar-refractivity contribution in [3.8, 4) is 0 Å². The van der Waals surface area contributed by atoms with Gasteiger partial charge in [-0.25, -0.2) is 0 Å². The maximum atomic E-state index is 6.26. The Balaban J connectivity index is 1.85. The van der Waals surface area contributed by atoms with Crippen LogP contribution in [0.4, 0.5) is 0 Å². The minimum Gasteiger partial charge on any atom is -0.316 e. The molecule has 0 saturated heterocycles. The Kier molecular flexibility index (Phi) is 7.04. The SMILES string of the molecule is CC(C)CNCCC1(CCc2sccc2Cl)CCCCC1. The summed E-state index contributed by atoms with van der Waals surface area (Å²) in [7, 11) is 0. The molecular weight excluding hydrogens is 298 g/mol. The molecule has 0 radical (unpaired) electrons. The first-order valence-electron chi connectivity index (χ1n) is 8.54. The molecule has 0 aliphatic heterocycles. The predicted molar refractivity (Wildman–Crippen MR) is 95.5 cm³/mol. The van der Waals surface area contributed by atoms with Crippen molar-refractivity contribution in [1.29, 1.82) is 0 Å². The first-order chi connectivity index (χ1) is 10.1. The molecule has 1 N–H and O–H groups in total. The highest BCUT2D eigenvalue weighted by Gasteiger charge is 2.31. The molecule has 1 aliphatic carbocycles. The van der Waals surface area contributed by atoms with Crippen molar-refractivity contribution < 1.29 is 0 Å². The van der Waals surface area contributed by atoms with Gasteiger partial charge in [0.05, 0.1) is 5.02 Å². The molecule has 0 aromatic carbocycles. The van der Waals surface area contributed by atoms with Gasteiger partial charge in [0.2, 0.25) is 0 Å². The Morgan fingerprint density at radius 2 is 2.00 bits per heavy atom. The normalized spacial score (nSPS) is 18.3. The van der Waals surface area contributed by atoms with Crippen LogP contribution in [0.15, 0.2) is 11.4 Å². The topological polar surface area (TPSA) is 12.0 Å². The van der Waals surface area contributed by atoms with Gasteiger partial charge in [-0.1, -0.05) is 44.7 Å². The van der Waals surface area contributed by atoms with Crippen LogP contribution >= 0.6 is 22.9 Å². The molecule has 0 atom stereocenters. The largest absolute Gasteiger partial charge is 0.316 e. The number of nitrogens with one attached hydrogen (secondary N) is 1. The summed E-state index contributed by atoms with van der Waals surface area (Å²) in [6, 6.07) is 2.04. The van der Waals surface area contributed by atoms with Crippen LogP contribution in [0.1, 0.15) is 63.7 Å². The Morgan fingerprint density at radius 3 is 2.62 bits per heavy atom. The molecule has 1 fully saturated rings. The highest BCUT2D eigenvalue weighted by Crippen LogP contribution is 2.43. The zero-order chi connectivity index (χ0) is 15.1. The first kappa shape index (κ1) is 17.3. The summed E-state index contributed by atoms with van der Waals surface area (Å²) in [5.41, 5.74) is 0.565. The molecule has 0 amide bonds. The van der Waals surface area contributed by atoms with E-state index in [1.807, 2.05) is 17.4 Å². The third kappa shape index (κ3) is 5.58. The van der Waals surface area contributed by atoms with Crippen LogP contribution in [0, 0.1) is 11.3 Å². The summed E-state index contributed by atoms with van der Waals surface area (Å²) >= 11 is 8.08. The van der Waals surface area contributed by atoms with Gasteiger partial charge in [-0.3, -0.25) is 0 Å². The third-order valence-electron chi connectivity index (χ3n) is 4.87. The molecule has 1 aromatic rings. The Hall–Kier alpha value is -0.0500. The van der Waals surface area contributed by atoms with Crippen molar-refractivity contribution in [3.63, 3.8) is 0 Å². The zero-order valence-electron chi connectivity index (χ0n) is 13.6. The number of hydrogen-bond acceptors (Lipinski definition) is 2. The standard InChI is InChI=1S/C18H30ClNS/c1-15(2)14-20-12-11-18(8-4-3-5-9-18)10-6-17-16(19)7-13-21-17/h7,13,15,20H,3-6,8-12,14H2,1-2H3. The molecule has 120 valence electrons. The predicted octanol–water partition coefficient (Wildman–Crippen LogP) is 5.92. The number of aryl methyl sites for hydroxylation is 1. The van der Waals surface area contributed by atoms with Crippen molar-refractivity contribution in [2.75, 3.05) is 13.1 Å². The quantitative estimate of drug-likeness (QED) is 0.584. The van der Waals surface area contributed by atoms with Gasteiger partial charge in [0, 0.05) is 4.88 Å². The van der Waals surface area contributed by atoms with Gasteiger partial charge < -0.3 is 5.32 Å². The maximum absolute atomic E-state index is 6.26. The van der Waals surface area contributed by atoms with Gasteiger partial charge in [0.1, 0.15) is 0 Å². The third-order valence-corrected chi connectivity index (χ3v) is 6.32. The molecule has 1 nitrogen and oxygen atoms in total. The van der Waals surface area contributed by atoms with Crippen molar-refractivity contribution in [3.05, 3.63) is 21.3 Å². The van der Waals surface area contributed by atoms with Gasteiger partial charge in [-0.05, 0) is 68.0 Å². The van der Waals surface area contributed by atoms with Gasteiger partial charge in [0.15, 0.2) is 0 Å². The van der Waals surface area contributed by atoms with Crippen LogP contribution < -0.4 is 5.32 Å². The van der Waals surface area contributed by atoms with Gasteiger partial charge >= 0.3 is 0 Å². The zero-order valence-corrected chi connectivity index (χ0v) is 15.2. The smallest absolute Gasteiger partial charge is 0.0544 e. The molecule has 0 spiro atoms. The fourth-order valence-electron chi connectivity index (χ4n) is 3.55. The highest BCUT2D eigenvalue weighted by atomic mass is 35.5. The average molecular weight is 328 g/mol. The molecule has 1 heterocycles. The van der Waals surface area contributed by atoms with E-state index in [0.717, 1.165) is 17.5 Å². The molecular formula is C18H30ClNS. The monoisotopic (exact) mass is 327 g/mol. The van der Waals surface area contributed by atoms with Crippen molar-refractivity contribution in [1.82, 2.24) is 5.32 Å². The molecule has 21 heavy (non-hydrogen) atoms. The lowest BCUT2D eigenvalue weighted by Gasteiger charge is -2.38. The van der Waals surface area contributed by atoms with Gasteiger partial charge in [-0.15, -0.1) is 11.3 Å². The van der Waals surface area contributed by atoms with Gasteiger partial charge in [-0.2, -0.15) is 0 Å². The second kappa shape index (κ2) is 8.55. The summed E-state index contributed by atoms with van der Waals surface area (Å²) < 4.78 is 0. The second-order valence-corrected chi connectivity index (χ2v) is 8.51. The van der Waals surface area contributed by atoms with E-state index >= 15 is 0 Å². The van der Waals surface area contributed by atoms with E-state index in [2.05, 4.69) is 24.5 Å². The lowest BCUT2D eigenvalue weighted by atomic mass is 9.69. The van der Waals surface area contributed by atoms with E-state index in [9.17, 15) is 0 Å². The van der Waals surface area contributed by atoms with E-state index in [0.29, 0.717) is 5.41 Å². The van der Waals surface area contributed by atoms with Crippen molar-refractivity contribution in [2.45, 2.75) is 65.2 Å². The van der Waals surface area contributed by atoms with E-state index in [-0.39, 0.29) is 0 Å². The van der Waals surface area contributed by atoms with Crippen LogP contribution in [-0.4, -0.2) is 13.1 Å². The molecule has 0 unspecified atom stereocenters. The minimum atomic E-state index is 0.565. The van der Waals surface area contributed by atoms with E-state index in [4.69, 9.17) is 11.6 Å². The van der Waals surface area contributed by atoms with E-state index in [1.165, 1.54) is 62.8 Å². The fraction of sp³-hybridized carbons (Fsp3) is 0.778. The number of thiophene rings is 1. The fourth-order valence-corrected chi connectivity index (χ4v) is 4.69. The van der Waals surface area contributed by atoms with Crippen molar-refractivity contribution in [2.24, 2.45) is 11.3 Å². The number of hydrogen-bond donors (Lipinski definition) is 1. The summed E-state index contributed by atoms with van der Waals surface area (Å²) in [4.78, 5) is 1.39. The molecule has 1 saturated carbocycles. The molecule has 1 aromatic heterocycles. The molecule has 1 aliphatic rings. The van der Waals surface area contributed by atoms with E-state index in [1.54, 1.807) is 0 Å². The number of rotatable bonds is 8. The maximum Gasteiger partial charge on any atom is 0.0544 e. The van der Waals surface area contributed by atoms with Crippen molar-refractivity contribution >= 4 is 22.9 Å². The second-order valence-electron chi connectivity index (χ2n) is 7.10. The summed E-state index contributed by atoms with van der Waals surface area (Å²) in [5.74, 6) is 0.747. The Labute approximate surface area is 139 Å². The molecule has 0 bridgehead atoms. The Morgan fingerprint density at radius 1 is 1.24 bits per heavy atom. The summed E-state index contributed by atoms with van der Waals surface area (Å²) in [5, 5.41) is 6.73. The van der Waals surface area contributed by atoms with Crippen LogP contribution in [0.5, 0.6) is 0 Å². The Bertz CT molecular complexity index is 407. The average Bonchev–Trinajstić information content (AvgIpc) is 2.88. The highest BCUT2D eigenvalue weighted by molar-refractivity contribution is 7.10. The minimum absolute atomic E-state index is 0.565. The van der Waals surface area contributed by atoms with Crippen LogP contribution in [0.25, 0.3) is 0 Å². The van der Waals surface area contributed by atoms with Crippen LogP contribution in [0.2, 0.25) is 5.02 Å². The number of halogens is 1. The lowest BCUT2D eigenvalue weighted by Crippen LogP contribution is -2.31. The molecule has 3 heteroatoms. The summed E-state index contributed by atoms with van der Waals surface area (Å²) in [6.45, 7) is 6.88. The molecule has 2 rings (SSSR count). The summed E-state index contributed by atoms with van der Waals surface area (Å²) in [6.07, 6.45) is 10.9. The van der Waals surface area contributed by atoms with Gasteiger partial charge in [0.25, 0.3) is 0 Å². The van der Waals surface area contributed by atoms with Crippen LogP contribution in [-0.2, 0) is 6.42 Å².